The average Bonchev–Trinajstić information content (AvgIpc) is 2.12. The van der Waals surface area contributed by atoms with Crippen LogP contribution in [0.25, 0.3) is 0 Å². The van der Waals surface area contributed by atoms with E-state index in [1.807, 2.05) is 19.9 Å². The van der Waals surface area contributed by atoms with E-state index in [9.17, 15) is 8.42 Å². The van der Waals surface area contributed by atoms with Crippen LogP contribution in [0.2, 0.25) is 0 Å². The molecule has 0 saturated carbocycles. The van der Waals surface area contributed by atoms with Crippen molar-refractivity contribution in [3.63, 3.8) is 0 Å². The van der Waals surface area contributed by atoms with Crippen LogP contribution in [0.15, 0.2) is 16.6 Å². The smallest absolute Gasteiger partial charge is 0.236 e. The van der Waals surface area contributed by atoms with Crippen LogP contribution in [0.5, 0.6) is 5.75 Å². The van der Waals surface area contributed by atoms with Crippen LogP contribution >= 0.6 is 26.6 Å². The van der Waals surface area contributed by atoms with Crippen LogP contribution < -0.4 is 4.74 Å². The normalized spacial score (nSPS) is 11.9. The van der Waals surface area contributed by atoms with Gasteiger partial charge in [0, 0.05) is 20.7 Å². The van der Waals surface area contributed by atoms with Crippen molar-refractivity contribution in [1.82, 2.24) is 0 Å². The number of hydrogen-bond acceptors (Lipinski definition) is 3. The molecule has 0 saturated heterocycles. The molecule has 0 unspecified atom stereocenters. The molecule has 0 aliphatic rings. The maximum absolute atomic E-state index is 11.2. The Hall–Kier alpha value is -0.260. The van der Waals surface area contributed by atoms with E-state index in [1.165, 1.54) is 0 Å². The number of rotatable bonds is 4. The van der Waals surface area contributed by atoms with Crippen molar-refractivity contribution in [3.05, 3.63) is 27.7 Å². The summed E-state index contributed by atoms with van der Waals surface area (Å²) < 4.78 is 28.4. The van der Waals surface area contributed by atoms with Gasteiger partial charge in [0.05, 0.1) is 12.9 Å². The summed E-state index contributed by atoms with van der Waals surface area (Å²) in [7, 11) is 3.29. The van der Waals surface area contributed by atoms with Crippen molar-refractivity contribution >= 4 is 35.7 Å². The standard InChI is InChI=1S/C11H14BrClO3S/c1-7(2)11-8(6-17(13,14)15)4-9(12)5-10(11)16-3/h4-5,7H,6H2,1-3H3. The molecule has 1 aromatic carbocycles. The second kappa shape index (κ2) is 5.59. The Labute approximate surface area is 115 Å². The van der Waals surface area contributed by atoms with E-state index in [0.29, 0.717) is 11.3 Å². The first-order valence-electron chi connectivity index (χ1n) is 5.03. The molecule has 0 N–H and O–H groups in total. The quantitative estimate of drug-likeness (QED) is 0.785. The summed E-state index contributed by atoms with van der Waals surface area (Å²) in [6.45, 7) is 3.96. The van der Waals surface area contributed by atoms with Gasteiger partial charge < -0.3 is 4.74 Å². The van der Waals surface area contributed by atoms with Gasteiger partial charge in [-0.25, -0.2) is 8.42 Å². The van der Waals surface area contributed by atoms with Gasteiger partial charge in [-0.3, -0.25) is 0 Å². The van der Waals surface area contributed by atoms with E-state index in [-0.39, 0.29) is 11.7 Å². The number of halogens is 2. The van der Waals surface area contributed by atoms with Crippen LogP contribution in [-0.2, 0) is 14.8 Å². The third-order valence-corrected chi connectivity index (χ3v) is 3.76. The van der Waals surface area contributed by atoms with Crippen molar-refractivity contribution < 1.29 is 13.2 Å². The molecule has 0 bridgehead atoms. The van der Waals surface area contributed by atoms with Crippen molar-refractivity contribution in [1.29, 1.82) is 0 Å². The maximum Gasteiger partial charge on any atom is 0.236 e. The van der Waals surface area contributed by atoms with Gasteiger partial charge in [-0.15, -0.1) is 0 Å². The third kappa shape index (κ3) is 4.16. The number of ether oxygens (including phenoxy) is 1. The fourth-order valence-electron chi connectivity index (χ4n) is 1.78. The molecule has 1 rings (SSSR count). The van der Waals surface area contributed by atoms with Crippen LogP contribution in [0, 0.1) is 0 Å². The highest BCUT2D eigenvalue weighted by Gasteiger charge is 2.18. The molecule has 96 valence electrons. The van der Waals surface area contributed by atoms with Crippen LogP contribution in [0.4, 0.5) is 0 Å². The second-order valence-corrected chi connectivity index (χ2v) is 7.71. The van der Waals surface area contributed by atoms with Gasteiger partial charge in [0.25, 0.3) is 0 Å². The minimum Gasteiger partial charge on any atom is -0.496 e. The third-order valence-electron chi connectivity index (χ3n) is 2.32. The van der Waals surface area contributed by atoms with E-state index in [2.05, 4.69) is 15.9 Å². The van der Waals surface area contributed by atoms with Crippen molar-refractivity contribution in [3.8, 4) is 5.75 Å². The highest BCUT2D eigenvalue weighted by atomic mass is 79.9. The summed E-state index contributed by atoms with van der Waals surface area (Å²) in [6, 6.07) is 3.58. The Morgan fingerprint density at radius 1 is 1.41 bits per heavy atom. The van der Waals surface area contributed by atoms with Gasteiger partial charge in [-0.1, -0.05) is 29.8 Å². The Morgan fingerprint density at radius 2 is 2.00 bits per heavy atom. The molecule has 0 radical (unpaired) electrons. The molecule has 17 heavy (non-hydrogen) atoms. The Balaban J connectivity index is 3.40. The lowest BCUT2D eigenvalue weighted by Gasteiger charge is -2.17. The zero-order valence-corrected chi connectivity index (χ0v) is 13.0. The first-order valence-corrected chi connectivity index (χ1v) is 8.30. The predicted octanol–water partition coefficient (Wildman–Crippen LogP) is 3.65. The van der Waals surface area contributed by atoms with Crippen LogP contribution in [-0.4, -0.2) is 15.5 Å². The second-order valence-electron chi connectivity index (χ2n) is 4.02. The van der Waals surface area contributed by atoms with E-state index in [4.69, 9.17) is 15.4 Å². The molecule has 0 amide bonds. The Kier molecular flexibility index (Phi) is 4.86. The largest absolute Gasteiger partial charge is 0.496 e. The molecule has 0 aliphatic carbocycles. The summed E-state index contributed by atoms with van der Waals surface area (Å²) >= 11 is 3.33. The van der Waals surface area contributed by atoms with Gasteiger partial charge in [0.15, 0.2) is 0 Å². The lowest BCUT2D eigenvalue weighted by molar-refractivity contribution is 0.406. The van der Waals surface area contributed by atoms with Gasteiger partial charge in [-0.05, 0) is 23.6 Å². The summed E-state index contributed by atoms with van der Waals surface area (Å²) in [6.07, 6.45) is 0. The zero-order valence-electron chi connectivity index (χ0n) is 9.83. The van der Waals surface area contributed by atoms with E-state index in [0.717, 1.165) is 10.0 Å². The average molecular weight is 342 g/mol. The minimum atomic E-state index is -3.58. The molecular weight excluding hydrogens is 328 g/mol. The van der Waals surface area contributed by atoms with Crippen molar-refractivity contribution in [2.75, 3.05) is 7.11 Å². The lowest BCUT2D eigenvalue weighted by atomic mass is 9.97. The number of hydrogen-bond donors (Lipinski definition) is 0. The molecule has 0 atom stereocenters. The number of benzene rings is 1. The summed E-state index contributed by atoms with van der Waals surface area (Å²) in [5, 5.41) is 0. The highest BCUT2D eigenvalue weighted by Crippen LogP contribution is 2.34. The molecule has 6 heteroatoms. The summed E-state index contributed by atoms with van der Waals surface area (Å²) in [4.78, 5) is 0. The monoisotopic (exact) mass is 340 g/mol. The maximum atomic E-state index is 11.2. The SMILES string of the molecule is COc1cc(Br)cc(CS(=O)(=O)Cl)c1C(C)C. The lowest BCUT2D eigenvalue weighted by Crippen LogP contribution is -2.04. The Morgan fingerprint density at radius 3 is 2.41 bits per heavy atom. The first-order chi connectivity index (χ1) is 7.74. The zero-order chi connectivity index (χ0) is 13.2. The predicted molar refractivity (Wildman–Crippen MR) is 73.3 cm³/mol. The fourth-order valence-corrected chi connectivity index (χ4v) is 3.22. The topological polar surface area (TPSA) is 43.4 Å². The van der Waals surface area contributed by atoms with E-state index in [1.54, 1.807) is 13.2 Å². The number of methoxy groups -OCH3 is 1. The van der Waals surface area contributed by atoms with Crippen molar-refractivity contribution in [2.24, 2.45) is 0 Å². The van der Waals surface area contributed by atoms with E-state index < -0.39 is 9.05 Å². The molecule has 0 heterocycles. The molecule has 0 aliphatic heterocycles. The van der Waals surface area contributed by atoms with Gasteiger partial charge in [0.1, 0.15) is 5.75 Å². The summed E-state index contributed by atoms with van der Waals surface area (Å²) in [5.74, 6) is 0.633. The minimum absolute atomic E-state index is 0.159. The van der Waals surface area contributed by atoms with E-state index >= 15 is 0 Å². The fraction of sp³-hybridized carbons (Fsp3) is 0.455. The molecule has 0 aromatic heterocycles. The molecule has 1 aromatic rings. The first kappa shape index (κ1) is 14.8. The Bertz CT molecular complexity index is 512. The van der Waals surface area contributed by atoms with Crippen molar-refractivity contribution in [2.45, 2.75) is 25.5 Å². The molecule has 3 nitrogen and oxygen atoms in total. The highest BCUT2D eigenvalue weighted by molar-refractivity contribution is 9.10. The van der Waals surface area contributed by atoms with Crippen LogP contribution in [0.3, 0.4) is 0 Å². The molecule has 0 spiro atoms. The van der Waals surface area contributed by atoms with Crippen LogP contribution in [0.1, 0.15) is 30.9 Å². The molecule has 0 fully saturated rings. The summed E-state index contributed by atoms with van der Waals surface area (Å²) in [5.41, 5.74) is 1.54. The van der Waals surface area contributed by atoms with Gasteiger partial charge in [0.2, 0.25) is 9.05 Å². The van der Waals surface area contributed by atoms with Gasteiger partial charge in [-0.2, -0.15) is 0 Å². The molecular formula is C11H14BrClO3S. The van der Waals surface area contributed by atoms with Gasteiger partial charge >= 0.3 is 0 Å².